The zero-order valence-electron chi connectivity index (χ0n) is 12.0. The van der Waals surface area contributed by atoms with Crippen molar-refractivity contribution in [3.63, 3.8) is 0 Å². The maximum absolute atomic E-state index is 11.1. The van der Waals surface area contributed by atoms with Crippen molar-refractivity contribution in [1.82, 2.24) is 4.90 Å². The van der Waals surface area contributed by atoms with Crippen LogP contribution in [-0.2, 0) is 16.1 Å². The first kappa shape index (κ1) is 14.1. The molecular weight excluding hydrogens is 238 g/mol. The summed E-state index contributed by atoms with van der Waals surface area (Å²) in [6.45, 7) is 8.77. The fourth-order valence-corrected chi connectivity index (χ4v) is 3.05. The van der Waals surface area contributed by atoms with Crippen molar-refractivity contribution in [3.05, 3.63) is 35.9 Å². The highest BCUT2D eigenvalue weighted by molar-refractivity contribution is 5.66. The molecule has 1 aliphatic rings. The lowest BCUT2D eigenvalue weighted by Gasteiger charge is -2.40. The summed E-state index contributed by atoms with van der Waals surface area (Å²) in [7, 11) is 0. The molecule has 0 N–H and O–H groups in total. The van der Waals surface area contributed by atoms with Crippen LogP contribution in [0.2, 0.25) is 0 Å². The molecule has 1 aromatic rings. The molecule has 3 nitrogen and oxygen atoms in total. The van der Waals surface area contributed by atoms with Gasteiger partial charge in [0.25, 0.3) is 0 Å². The number of rotatable bonds is 3. The Morgan fingerprint density at radius 2 is 1.79 bits per heavy atom. The van der Waals surface area contributed by atoms with Gasteiger partial charge in [0.15, 0.2) is 0 Å². The maximum atomic E-state index is 11.1. The van der Waals surface area contributed by atoms with E-state index < -0.39 is 0 Å². The molecule has 3 heteroatoms. The zero-order valence-corrected chi connectivity index (χ0v) is 12.0. The van der Waals surface area contributed by atoms with Crippen molar-refractivity contribution in [2.45, 2.75) is 33.4 Å². The smallest absolute Gasteiger partial charge is 0.302 e. The van der Waals surface area contributed by atoms with Gasteiger partial charge in [0.2, 0.25) is 0 Å². The molecule has 19 heavy (non-hydrogen) atoms. The van der Waals surface area contributed by atoms with E-state index >= 15 is 0 Å². The second-order valence-corrected chi connectivity index (χ2v) is 5.71. The highest BCUT2D eigenvalue weighted by atomic mass is 16.5. The van der Waals surface area contributed by atoms with Gasteiger partial charge in [0.1, 0.15) is 6.10 Å². The number of ether oxygens (including phenoxy) is 1. The maximum Gasteiger partial charge on any atom is 0.302 e. The Balaban J connectivity index is 1.95. The molecular formula is C16H23NO2. The van der Waals surface area contributed by atoms with Crippen LogP contribution in [0.3, 0.4) is 0 Å². The van der Waals surface area contributed by atoms with Gasteiger partial charge >= 0.3 is 5.97 Å². The quantitative estimate of drug-likeness (QED) is 0.784. The number of hydrogen-bond donors (Lipinski definition) is 0. The molecule has 0 aromatic heterocycles. The normalized spacial score (nSPS) is 28.1. The van der Waals surface area contributed by atoms with Gasteiger partial charge in [-0.25, -0.2) is 0 Å². The van der Waals surface area contributed by atoms with Crippen LogP contribution in [0.5, 0.6) is 0 Å². The van der Waals surface area contributed by atoms with Crippen molar-refractivity contribution < 1.29 is 9.53 Å². The number of benzene rings is 1. The van der Waals surface area contributed by atoms with E-state index in [1.165, 1.54) is 12.5 Å². The molecule has 0 unspecified atom stereocenters. The Morgan fingerprint density at radius 1 is 1.21 bits per heavy atom. The van der Waals surface area contributed by atoms with Gasteiger partial charge in [-0.2, -0.15) is 0 Å². The third-order valence-electron chi connectivity index (χ3n) is 3.77. The lowest BCUT2D eigenvalue weighted by molar-refractivity contribution is -0.156. The predicted octanol–water partition coefficient (Wildman–Crippen LogP) is 2.71. The highest BCUT2D eigenvalue weighted by Crippen LogP contribution is 2.26. The second-order valence-electron chi connectivity index (χ2n) is 5.71. The number of piperidine rings is 1. The van der Waals surface area contributed by atoms with E-state index in [1.54, 1.807) is 0 Å². The third-order valence-corrected chi connectivity index (χ3v) is 3.77. The Hall–Kier alpha value is -1.35. The molecule has 0 bridgehead atoms. The lowest BCUT2D eigenvalue weighted by Crippen LogP contribution is -2.48. The van der Waals surface area contributed by atoms with Crippen LogP contribution in [0.25, 0.3) is 0 Å². The zero-order chi connectivity index (χ0) is 13.8. The van der Waals surface area contributed by atoms with Crippen molar-refractivity contribution in [3.8, 4) is 0 Å². The van der Waals surface area contributed by atoms with Crippen LogP contribution in [0, 0.1) is 11.8 Å². The molecule has 1 aromatic carbocycles. The summed E-state index contributed by atoms with van der Waals surface area (Å²) in [6.07, 6.45) is 0.0597. The highest BCUT2D eigenvalue weighted by Gasteiger charge is 2.33. The molecule has 2 rings (SSSR count). The minimum atomic E-state index is -0.166. The molecule has 0 radical (unpaired) electrons. The van der Waals surface area contributed by atoms with E-state index in [0.717, 1.165) is 19.6 Å². The Labute approximate surface area is 115 Å². The third kappa shape index (κ3) is 3.80. The lowest BCUT2D eigenvalue weighted by atomic mass is 9.88. The molecule has 1 aliphatic heterocycles. The average Bonchev–Trinajstić information content (AvgIpc) is 2.35. The summed E-state index contributed by atoms with van der Waals surface area (Å²) in [5, 5.41) is 0. The van der Waals surface area contributed by atoms with Gasteiger partial charge in [-0.15, -0.1) is 0 Å². The standard InChI is InChI=1S/C16H23NO2/c1-12-9-17(11-15-7-5-4-6-8-15)10-13(2)16(12)19-14(3)18/h4-8,12-13,16H,9-11H2,1-3H3/t12-,13+,16+. The second kappa shape index (κ2) is 6.20. The van der Waals surface area contributed by atoms with Crippen LogP contribution in [-0.4, -0.2) is 30.1 Å². The SMILES string of the molecule is CC(=O)O[C@H]1[C@H](C)CN(Cc2ccccc2)C[C@@H]1C. The topological polar surface area (TPSA) is 29.5 Å². The van der Waals surface area contributed by atoms with Crippen LogP contribution in [0.4, 0.5) is 0 Å². The summed E-state index contributed by atoms with van der Waals surface area (Å²) in [5.41, 5.74) is 1.34. The predicted molar refractivity (Wildman–Crippen MR) is 75.6 cm³/mol. The number of esters is 1. The van der Waals surface area contributed by atoms with Gasteiger partial charge in [0, 0.05) is 38.4 Å². The first-order valence-corrected chi connectivity index (χ1v) is 6.99. The Kier molecular flexibility index (Phi) is 4.59. The number of carbonyl (C=O) groups excluding carboxylic acids is 1. The van der Waals surface area contributed by atoms with Crippen LogP contribution >= 0.6 is 0 Å². The summed E-state index contributed by atoms with van der Waals surface area (Å²) in [5.74, 6) is 0.605. The van der Waals surface area contributed by atoms with Gasteiger partial charge < -0.3 is 4.74 Å². The molecule has 104 valence electrons. The van der Waals surface area contributed by atoms with Gasteiger partial charge in [-0.05, 0) is 5.56 Å². The van der Waals surface area contributed by atoms with E-state index in [2.05, 4.69) is 43.0 Å². The van der Waals surface area contributed by atoms with Crippen molar-refractivity contribution in [1.29, 1.82) is 0 Å². The van der Waals surface area contributed by atoms with E-state index in [1.807, 2.05) is 6.07 Å². The molecule has 0 saturated carbocycles. The Bertz CT molecular complexity index is 406. The summed E-state index contributed by atoms with van der Waals surface area (Å²) >= 11 is 0. The Morgan fingerprint density at radius 3 is 2.32 bits per heavy atom. The summed E-state index contributed by atoms with van der Waals surface area (Å²) < 4.78 is 5.45. The van der Waals surface area contributed by atoms with E-state index in [0.29, 0.717) is 11.8 Å². The van der Waals surface area contributed by atoms with Gasteiger partial charge in [0.05, 0.1) is 0 Å². The largest absolute Gasteiger partial charge is 0.462 e. The number of carbonyl (C=O) groups is 1. The van der Waals surface area contributed by atoms with Crippen LogP contribution in [0.15, 0.2) is 30.3 Å². The van der Waals surface area contributed by atoms with Crippen molar-refractivity contribution in [2.75, 3.05) is 13.1 Å². The molecule has 1 heterocycles. The van der Waals surface area contributed by atoms with E-state index in [4.69, 9.17) is 4.74 Å². The fourth-order valence-electron chi connectivity index (χ4n) is 3.05. The first-order valence-electron chi connectivity index (χ1n) is 6.99. The minimum Gasteiger partial charge on any atom is -0.462 e. The average molecular weight is 261 g/mol. The van der Waals surface area contributed by atoms with Crippen LogP contribution in [0.1, 0.15) is 26.3 Å². The fraction of sp³-hybridized carbons (Fsp3) is 0.562. The molecule has 0 amide bonds. The van der Waals surface area contributed by atoms with Crippen molar-refractivity contribution >= 4 is 5.97 Å². The molecule has 0 spiro atoms. The summed E-state index contributed by atoms with van der Waals surface area (Å²) in [4.78, 5) is 13.6. The van der Waals surface area contributed by atoms with Gasteiger partial charge in [-0.3, -0.25) is 9.69 Å². The van der Waals surface area contributed by atoms with Gasteiger partial charge in [-0.1, -0.05) is 44.2 Å². The number of likely N-dealkylation sites (tertiary alicyclic amines) is 1. The molecule has 0 aliphatic carbocycles. The van der Waals surface area contributed by atoms with Crippen molar-refractivity contribution in [2.24, 2.45) is 11.8 Å². The molecule has 1 fully saturated rings. The summed E-state index contributed by atoms with van der Waals surface area (Å²) in [6, 6.07) is 10.5. The number of hydrogen-bond acceptors (Lipinski definition) is 3. The minimum absolute atomic E-state index is 0.0597. The molecule has 3 atom stereocenters. The van der Waals surface area contributed by atoms with Crippen LogP contribution < -0.4 is 0 Å². The number of nitrogens with zero attached hydrogens (tertiary/aromatic N) is 1. The first-order chi connectivity index (χ1) is 9.06. The molecule has 1 saturated heterocycles. The van der Waals surface area contributed by atoms with E-state index in [9.17, 15) is 4.79 Å². The van der Waals surface area contributed by atoms with E-state index in [-0.39, 0.29) is 12.1 Å². The monoisotopic (exact) mass is 261 g/mol.